The molecule has 0 unspecified atom stereocenters. The van der Waals surface area contributed by atoms with Crippen molar-refractivity contribution >= 4 is 11.6 Å². The maximum Gasteiger partial charge on any atom is 0.217 e. The van der Waals surface area contributed by atoms with Gasteiger partial charge in [-0.15, -0.1) is 0 Å². The van der Waals surface area contributed by atoms with E-state index in [1.54, 1.807) is 6.92 Å². The number of hydrogen-bond donors (Lipinski definition) is 2. The average molecular weight is 329 g/mol. The Bertz CT molecular complexity index is 571. The molecule has 1 aromatic carbocycles. The lowest BCUT2D eigenvalue weighted by Crippen LogP contribution is -2.71. The molecule has 1 saturated carbocycles. The molecule has 4 rings (SSSR count). The smallest absolute Gasteiger partial charge is 0.217 e. The topological polar surface area (TPSA) is 53.6 Å². The van der Waals surface area contributed by atoms with Gasteiger partial charge in [-0.3, -0.25) is 4.79 Å². The number of para-hydroxylation sites is 1. The van der Waals surface area contributed by atoms with Crippen LogP contribution in [0.4, 0.5) is 5.69 Å². The summed E-state index contributed by atoms with van der Waals surface area (Å²) in [5.74, 6) is 0.605. The monoisotopic (exact) mass is 329 g/mol. The fraction of sp³-hybridized carbons (Fsp3) is 0.632. The summed E-state index contributed by atoms with van der Waals surface area (Å²) in [6.45, 7) is 4.60. The fourth-order valence-electron chi connectivity index (χ4n) is 4.56. The van der Waals surface area contributed by atoms with Crippen molar-refractivity contribution in [3.63, 3.8) is 0 Å². The predicted molar refractivity (Wildman–Crippen MR) is 94.1 cm³/mol. The van der Waals surface area contributed by atoms with Crippen molar-refractivity contribution in [3.05, 3.63) is 30.3 Å². The van der Waals surface area contributed by atoms with Gasteiger partial charge in [0.25, 0.3) is 0 Å². The molecular weight excluding hydrogens is 302 g/mol. The summed E-state index contributed by atoms with van der Waals surface area (Å²) < 4.78 is 5.80. The first kappa shape index (κ1) is 15.9. The molecule has 0 radical (unpaired) electrons. The van der Waals surface area contributed by atoms with Crippen LogP contribution in [-0.2, 0) is 9.53 Å². The van der Waals surface area contributed by atoms with Crippen molar-refractivity contribution in [1.29, 1.82) is 0 Å². The number of piperidine rings is 1. The summed E-state index contributed by atoms with van der Waals surface area (Å²) in [6.07, 6.45) is 3.63. The summed E-state index contributed by atoms with van der Waals surface area (Å²) in [5.41, 5.74) is 1.32. The minimum absolute atomic E-state index is 0.0413. The van der Waals surface area contributed by atoms with Crippen LogP contribution in [-0.4, -0.2) is 49.8 Å². The quantitative estimate of drug-likeness (QED) is 0.880. The second kappa shape index (κ2) is 6.73. The molecular formula is C19H27N3O2. The largest absolute Gasteiger partial charge is 0.376 e. The minimum atomic E-state index is 0.0413. The first-order valence-corrected chi connectivity index (χ1v) is 9.17. The van der Waals surface area contributed by atoms with Crippen LogP contribution < -0.4 is 15.5 Å². The Labute approximate surface area is 143 Å². The molecule has 2 heterocycles. The van der Waals surface area contributed by atoms with E-state index in [0.717, 1.165) is 39.0 Å². The molecule has 2 saturated heterocycles. The van der Waals surface area contributed by atoms with Crippen LogP contribution in [0.25, 0.3) is 0 Å². The molecule has 0 spiro atoms. The van der Waals surface area contributed by atoms with Gasteiger partial charge in [0.15, 0.2) is 0 Å². The van der Waals surface area contributed by atoms with Crippen LogP contribution in [0.1, 0.15) is 26.2 Å². The lowest BCUT2D eigenvalue weighted by Gasteiger charge is -2.50. The number of anilines is 1. The van der Waals surface area contributed by atoms with Gasteiger partial charge < -0.3 is 20.3 Å². The van der Waals surface area contributed by atoms with E-state index in [4.69, 9.17) is 4.74 Å². The minimum Gasteiger partial charge on any atom is -0.376 e. The molecule has 1 aliphatic carbocycles. The fourth-order valence-corrected chi connectivity index (χ4v) is 4.56. The van der Waals surface area contributed by atoms with E-state index in [1.165, 1.54) is 5.69 Å². The van der Waals surface area contributed by atoms with Crippen LogP contribution in [0.2, 0.25) is 0 Å². The molecule has 0 bridgehead atoms. The zero-order chi connectivity index (χ0) is 16.5. The van der Waals surface area contributed by atoms with Crippen molar-refractivity contribution in [2.24, 2.45) is 5.92 Å². The molecule has 130 valence electrons. The normalized spacial score (nSPS) is 33.0. The summed E-state index contributed by atoms with van der Waals surface area (Å²) >= 11 is 0. The standard InChI is InChI=1S/C19H27N3O2/c1-13(23)20-18-17(16-9-12-24-19(16)18)21-14-7-10-22(11-8-14)15-5-3-2-4-6-15/h2-6,14,16-19,21H,7-12H2,1H3,(H,20,23)/t16-,17+,18-,19-/m1/s1. The number of amides is 1. The second-order valence-electron chi connectivity index (χ2n) is 7.30. The third-order valence-electron chi connectivity index (χ3n) is 5.80. The molecule has 0 aromatic heterocycles. The molecule has 1 amide bonds. The van der Waals surface area contributed by atoms with Crippen LogP contribution in [0.3, 0.4) is 0 Å². The van der Waals surface area contributed by atoms with E-state index in [2.05, 4.69) is 45.9 Å². The van der Waals surface area contributed by atoms with Gasteiger partial charge in [0.1, 0.15) is 0 Å². The van der Waals surface area contributed by atoms with Gasteiger partial charge in [0.05, 0.1) is 12.1 Å². The second-order valence-corrected chi connectivity index (χ2v) is 7.30. The maximum atomic E-state index is 11.5. The molecule has 2 aliphatic heterocycles. The molecule has 3 aliphatic rings. The Hall–Kier alpha value is -1.59. The molecule has 4 atom stereocenters. The summed E-state index contributed by atoms with van der Waals surface area (Å²) in [6, 6.07) is 11.7. The van der Waals surface area contributed by atoms with Crippen LogP contribution in [0.5, 0.6) is 0 Å². The van der Waals surface area contributed by atoms with Crippen molar-refractivity contribution in [3.8, 4) is 0 Å². The third-order valence-corrected chi connectivity index (χ3v) is 5.80. The van der Waals surface area contributed by atoms with Crippen LogP contribution >= 0.6 is 0 Å². The van der Waals surface area contributed by atoms with Gasteiger partial charge in [-0.05, 0) is 31.4 Å². The summed E-state index contributed by atoms with van der Waals surface area (Å²) in [5, 5.41) is 6.92. The number of hydrogen-bond acceptors (Lipinski definition) is 4. The van der Waals surface area contributed by atoms with E-state index in [0.29, 0.717) is 18.0 Å². The molecule has 1 aromatic rings. The molecule has 5 heteroatoms. The Morgan fingerprint density at radius 1 is 1.12 bits per heavy atom. The molecule has 2 N–H and O–H groups in total. The zero-order valence-electron chi connectivity index (χ0n) is 14.3. The lowest BCUT2D eigenvalue weighted by atomic mass is 9.71. The Kier molecular flexibility index (Phi) is 4.46. The van der Waals surface area contributed by atoms with E-state index in [-0.39, 0.29) is 18.1 Å². The highest BCUT2D eigenvalue weighted by molar-refractivity contribution is 5.73. The summed E-state index contributed by atoms with van der Waals surface area (Å²) in [4.78, 5) is 13.9. The Morgan fingerprint density at radius 2 is 1.88 bits per heavy atom. The van der Waals surface area contributed by atoms with Crippen molar-refractivity contribution in [2.75, 3.05) is 24.6 Å². The highest BCUT2D eigenvalue weighted by Gasteiger charge is 2.54. The van der Waals surface area contributed by atoms with Gasteiger partial charge in [-0.25, -0.2) is 0 Å². The highest BCUT2D eigenvalue weighted by atomic mass is 16.5. The number of ether oxygens (including phenoxy) is 1. The number of benzene rings is 1. The average Bonchev–Trinajstić information content (AvgIpc) is 3.04. The van der Waals surface area contributed by atoms with Crippen molar-refractivity contribution in [1.82, 2.24) is 10.6 Å². The number of rotatable bonds is 4. The van der Waals surface area contributed by atoms with Crippen LogP contribution in [0.15, 0.2) is 30.3 Å². The van der Waals surface area contributed by atoms with E-state index in [1.807, 2.05) is 0 Å². The van der Waals surface area contributed by atoms with Gasteiger partial charge in [0, 0.05) is 50.3 Å². The van der Waals surface area contributed by atoms with E-state index in [9.17, 15) is 4.79 Å². The van der Waals surface area contributed by atoms with Crippen molar-refractivity contribution < 1.29 is 9.53 Å². The Morgan fingerprint density at radius 3 is 2.58 bits per heavy atom. The van der Waals surface area contributed by atoms with Gasteiger partial charge >= 0.3 is 0 Å². The predicted octanol–water partition coefficient (Wildman–Crippen LogP) is 1.54. The first-order valence-electron chi connectivity index (χ1n) is 9.17. The number of nitrogens with one attached hydrogen (secondary N) is 2. The Balaban J connectivity index is 1.32. The first-order chi connectivity index (χ1) is 11.7. The van der Waals surface area contributed by atoms with E-state index < -0.39 is 0 Å². The lowest BCUT2D eigenvalue weighted by molar-refractivity contribution is -0.124. The van der Waals surface area contributed by atoms with Crippen LogP contribution in [0, 0.1) is 5.92 Å². The van der Waals surface area contributed by atoms with Gasteiger partial charge in [-0.1, -0.05) is 18.2 Å². The number of carbonyl (C=O) groups excluding carboxylic acids is 1. The molecule has 3 fully saturated rings. The molecule has 5 nitrogen and oxygen atoms in total. The summed E-state index contributed by atoms with van der Waals surface area (Å²) in [7, 11) is 0. The number of nitrogens with zero attached hydrogens (tertiary/aromatic N) is 1. The number of fused-ring (bicyclic) bond motifs is 1. The molecule has 24 heavy (non-hydrogen) atoms. The highest BCUT2D eigenvalue weighted by Crippen LogP contribution is 2.39. The third kappa shape index (κ3) is 3.03. The zero-order valence-corrected chi connectivity index (χ0v) is 14.3. The van der Waals surface area contributed by atoms with E-state index >= 15 is 0 Å². The van der Waals surface area contributed by atoms with Gasteiger partial charge in [0.2, 0.25) is 5.91 Å². The number of carbonyl (C=O) groups is 1. The van der Waals surface area contributed by atoms with Gasteiger partial charge in [-0.2, -0.15) is 0 Å². The SMILES string of the molecule is CC(=O)N[C@@H]1[C@@H](NC2CCN(c3ccccc3)CC2)[C@H]2CCO[C@H]21. The maximum absolute atomic E-state index is 11.5. The van der Waals surface area contributed by atoms with Crippen molar-refractivity contribution in [2.45, 2.75) is 50.4 Å².